The zero-order valence-electron chi connectivity index (χ0n) is 10.8. The summed E-state index contributed by atoms with van der Waals surface area (Å²) < 4.78 is 26.3. The van der Waals surface area contributed by atoms with Crippen molar-refractivity contribution in [3.8, 4) is 0 Å². The molecule has 1 heterocycles. The van der Waals surface area contributed by atoms with Gasteiger partial charge in [0, 0.05) is 34.7 Å². The van der Waals surface area contributed by atoms with E-state index in [0.717, 1.165) is 12.8 Å². The summed E-state index contributed by atoms with van der Waals surface area (Å²) in [5.41, 5.74) is 6.07. The first-order chi connectivity index (χ1) is 8.95. The Morgan fingerprint density at radius 2 is 1.90 bits per heavy atom. The van der Waals surface area contributed by atoms with Gasteiger partial charge in [-0.1, -0.05) is 29.3 Å². The van der Waals surface area contributed by atoms with Crippen LogP contribution in [0.25, 0.3) is 0 Å². The van der Waals surface area contributed by atoms with Crippen LogP contribution in [0.5, 0.6) is 0 Å². The van der Waals surface area contributed by atoms with E-state index in [4.69, 9.17) is 28.9 Å². The van der Waals surface area contributed by atoms with Gasteiger partial charge in [-0.05, 0) is 25.0 Å². The van der Waals surface area contributed by atoms with Crippen LogP contribution >= 0.6 is 35.6 Å². The third-order valence-corrected chi connectivity index (χ3v) is 5.90. The van der Waals surface area contributed by atoms with Crippen molar-refractivity contribution in [3.05, 3.63) is 33.8 Å². The minimum atomic E-state index is -3.43. The van der Waals surface area contributed by atoms with Gasteiger partial charge >= 0.3 is 0 Å². The Bertz CT molecular complexity index is 546. The average molecular weight is 360 g/mol. The van der Waals surface area contributed by atoms with Crippen molar-refractivity contribution in [2.75, 3.05) is 13.1 Å². The molecule has 1 unspecified atom stereocenters. The number of benzene rings is 1. The van der Waals surface area contributed by atoms with Gasteiger partial charge in [0.15, 0.2) is 0 Å². The summed E-state index contributed by atoms with van der Waals surface area (Å²) in [6.45, 7) is 0.863. The lowest BCUT2D eigenvalue weighted by molar-refractivity contribution is 0.392. The molecule has 0 saturated carbocycles. The Morgan fingerprint density at radius 1 is 1.30 bits per heavy atom. The molecule has 1 saturated heterocycles. The molecule has 1 aromatic rings. The molecule has 8 heteroatoms. The highest BCUT2D eigenvalue weighted by molar-refractivity contribution is 7.88. The fraction of sp³-hybridized carbons (Fsp3) is 0.500. The third kappa shape index (κ3) is 3.78. The minimum absolute atomic E-state index is 0. The minimum Gasteiger partial charge on any atom is -0.329 e. The number of nitrogens with zero attached hydrogens (tertiary/aromatic N) is 1. The summed E-state index contributed by atoms with van der Waals surface area (Å²) in [5, 5.41) is 0.749. The van der Waals surface area contributed by atoms with Crippen LogP contribution in [0, 0.1) is 0 Å². The predicted molar refractivity (Wildman–Crippen MR) is 85.1 cm³/mol. The maximum absolute atomic E-state index is 12.4. The first-order valence-corrected chi connectivity index (χ1v) is 8.44. The van der Waals surface area contributed by atoms with Crippen LogP contribution in [0.3, 0.4) is 0 Å². The van der Waals surface area contributed by atoms with Crippen LogP contribution in [0.2, 0.25) is 10.0 Å². The average Bonchev–Trinajstić information content (AvgIpc) is 2.83. The van der Waals surface area contributed by atoms with E-state index in [9.17, 15) is 8.42 Å². The Labute approximate surface area is 135 Å². The zero-order valence-corrected chi connectivity index (χ0v) is 13.9. The Kier molecular flexibility index (Phi) is 6.57. The summed E-state index contributed by atoms with van der Waals surface area (Å²) in [7, 11) is -3.43. The Balaban J connectivity index is 0.00000200. The van der Waals surface area contributed by atoms with Gasteiger partial charge in [0.1, 0.15) is 0 Å². The maximum atomic E-state index is 12.4. The fourth-order valence-corrected chi connectivity index (χ4v) is 4.93. The van der Waals surface area contributed by atoms with Crippen molar-refractivity contribution in [2.45, 2.75) is 24.6 Å². The van der Waals surface area contributed by atoms with Crippen molar-refractivity contribution in [1.29, 1.82) is 0 Å². The smallest absolute Gasteiger partial charge is 0.218 e. The summed E-state index contributed by atoms with van der Waals surface area (Å²) in [4.78, 5) is 0. The standard InChI is InChI=1S/C12H16Cl2N2O2S.ClH/c13-11-4-1-5-12(14)10(11)8-19(17,18)16-6-2-3-9(16)7-15;/h1,4-5,9H,2-3,6-8,15H2;1H. The molecule has 2 N–H and O–H groups in total. The van der Waals surface area contributed by atoms with E-state index < -0.39 is 10.0 Å². The number of sulfonamides is 1. The van der Waals surface area contributed by atoms with Gasteiger partial charge in [-0.2, -0.15) is 4.31 Å². The van der Waals surface area contributed by atoms with Gasteiger partial charge in [0.2, 0.25) is 10.0 Å². The third-order valence-electron chi connectivity index (χ3n) is 3.34. The summed E-state index contributed by atoms with van der Waals surface area (Å²) >= 11 is 12.0. The van der Waals surface area contributed by atoms with E-state index in [-0.39, 0.29) is 24.2 Å². The highest BCUT2D eigenvalue weighted by Gasteiger charge is 2.33. The first-order valence-electron chi connectivity index (χ1n) is 6.08. The van der Waals surface area contributed by atoms with Gasteiger partial charge < -0.3 is 5.73 Å². The molecule has 114 valence electrons. The van der Waals surface area contributed by atoms with Crippen LogP contribution < -0.4 is 5.73 Å². The molecule has 0 spiro atoms. The van der Waals surface area contributed by atoms with Crippen LogP contribution in [-0.4, -0.2) is 31.9 Å². The molecule has 0 amide bonds. The lowest BCUT2D eigenvalue weighted by atomic mass is 10.2. The lowest BCUT2D eigenvalue weighted by Gasteiger charge is -2.23. The molecule has 0 radical (unpaired) electrons. The zero-order chi connectivity index (χ0) is 14.0. The molecule has 1 aliphatic rings. The molecule has 1 aliphatic heterocycles. The molecule has 1 aromatic carbocycles. The number of halogens is 3. The second-order valence-corrected chi connectivity index (χ2v) is 7.33. The van der Waals surface area contributed by atoms with E-state index in [1.807, 2.05) is 0 Å². The highest BCUT2D eigenvalue weighted by atomic mass is 35.5. The molecular formula is C12H17Cl3N2O2S. The molecule has 1 fully saturated rings. The van der Waals surface area contributed by atoms with Crippen LogP contribution in [-0.2, 0) is 15.8 Å². The van der Waals surface area contributed by atoms with Gasteiger partial charge in [-0.25, -0.2) is 8.42 Å². The summed E-state index contributed by atoms with van der Waals surface area (Å²) in [6.07, 6.45) is 1.66. The first kappa shape index (κ1) is 18.0. The Morgan fingerprint density at radius 3 is 2.45 bits per heavy atom. The van der Waals surface area contributed by atoms with Crippen molar-refractivity contribution in [2.24, 2.45) is 5.73 Å². The molecule has 0 aromatic heterocycles. The molecular weight excluding hydrogens is 343 g/mol. The van der Waals surface area contributed by atoms with E-state index >= 15 is 0 Å². The lowest BCUT2D eigenvalue weighted by Crippen LogP contribution is -2.40. The molecule has 0 aliphatic carbocycles. The van der Waals surface area contributed by atoms with Gasteiger partial charge in [0.05, 0.1) is 5.75 Å². The second-order valence-electron chi connectivity index (χ2n) is 4.60. The van der Waals surface area contributed by atoms with E-state index in [1.54, 1.807) is 18.2 Å². The number of rotatable bonds is 4. The Hall–Kier alpha value is -0.0400. The number of nitrogens with two attached hydrogens (primary N) is 1. The van der Waals surface area contributed by atoms with Gasteiger partial charge in [-0.15, -0.1) is 12.4 Å². The van der Waals surface area contributed by atoms with E-state index in [2.05, 4.69) is 0 Å². The largest absolute Gasteiger partial charge is 0.329 e. The van der Waals surface area contributed by atoms with Crippen molar-refractivity contribution in [3.63, 3.8) is 0 Å². The summed E-state index contributed by atoms with van der Waals surface area (Å²) in [6, 6.07) is 4.87. The van der Waals surface area contributed by atoms with Crippen molar-refractivity contribution >= 4 is 45.6 Å². The molecule has 1 atom stereocenters. The molecule has 20 heavy (non-hydrogen) atoms. The molecule has 4 nitrogen and oxygen atoms in total. The number of hydrogen-bond donors (Lipinski definition) is 1. The predicted octanol–water partition coefficient (Wildman–Crippen LogP) is 2.67. The van der Waals surface area contributed by atoms with Gasteiger partial charge in [-0.3, -0.25) is 0 Å². The monoisotopic (exact) mass is 358 g/mol. The van der Waals surface area contributed by atoms with Crippen LogP contribution in [0.1, 0.15) is 18.4 Å². The van der Waals surface area contributed by atoms with Gasteiger partial charge in [0.25, 0.3) is 0 Å². The fourth-order valence-electron chi connectivity index (χ4n) is 2.35. The SMILES string of the molecule is Cl.NCC1CCCN1S(=O)(=O)Cc1c(Cl)cccc1Cl. The van der Waals surface area contributed by atoms with Crippen molar-refractivity contribution < 1.29 is 8.42 Å². The topological polar surface area (TPSA) is 63.4 Å². The highest BCUT2D eigenvalue weighted by Crippen LogP contribution is 2.29. The molecule has 0 bridgehead atoms. The quantitative estimate of drug-likeness (QED) is 0.899. The summed E-state index contributed by atoms with van der Waals surface area (Å²) in [5.74, 6) is -0.179. The van der Waals surface area contributed by atoms with E-state index in [1.165, 1.54) is 4.31 Å². The maximum Gasteiger partial charge on any atom is 0.218 e. The van der Waals surface area contributed by atoms with Crippen LogP contribution in [0.15, 0.2) is 18.2 Å². The normalized spacial score (nSPS) is 19.9. The van der Waals surface area contributed by atoms with Crippen LogP contribution in [0.4, 0.5) is 0 Å². The number of hydrogen-bond acceptors (Lipinski definition) is 3. The molecule has 2 rings (SSSR count). The van der Waals surface area contributed by atoms with Crippen molar-refractivity contribution in [1.82, 2.24) is 4.31 Å². The van der Waals surface area contributed by atoms with E-state index in [0.29, 0.717) is 28.7 Å². The second kappa shape index (κ2) is 7.29.